The lowest BCUT2D eigenvalue weighted by Gasteiger charge is -2.02. The van der Waals surface area contributed by atoms with Crippen LogP contribution in [0.15, 0.2) is 47.4 Å². The van der Waals surface area contributed by atoms with Gasteiger partial charge in [-0.25, -0.2) is 8.42 Å². The van der Waals surface area contributed by atoms with Gasteiger partial charge in [-0.1, -0.05) is 12.1 Å². The number of thiophene rings is 1. The van der Waals surface area contributed by atoms with E-state index < -0.39 is 27.6 Å². The van der Waals surface area contributed by atoms with Crippen LogP contribution in [0.3, 0.4) is 0 Å². The number of carbonyl (C=O) groups excluding carboxylic acids is 1. The lowest BCUT2D eigenvalue weighted by atomic mass is 10.2. The molecule has 128 valence electrons. The molecule has 24 heavy (non-hydrogen) atoms. The molecule has 1 aromatic heterocycles. The molecular formula is C15H11F3O4S2. The molecule has 0 aliphatic carbocycles. The summed E-state index contributed by atoms with van der Waals surface area (Å²) >= 11 is 0.933. The maximum atomic E-state index is 12.2. The molecule has 9 heteroatoms. The number of benzene rings is 1. The number of sulfone groups is 1. The summed E-state index contributed by atoms with van der Waals surface area (Å²) in [7, 11) is -3.40. The molecule has 0 aliphatic heterocycles. The Kier molecular flexibility index (Phi) is 4.86. The van der Waals surface area contributed by atoms with E-state index in [1.165, 1.54) is 30.3 Å². The molecule has 1 N–H and O–H groups in total. The van der Waals surface area contributed by atoms with Crippen molar-refractivity contribution in [1.29, 1.82) is 0 Å². The largest absolute Gasteiger partial charge is 0.506 e. The van der Waals surface area contributed by atoms with Crippen LogP contribution in [0, 0.1) is 0 Å². The van der Waals surface area contributed by atoms with E-state index >= 15 is 0 Å². The van der Waals surface area contributed by atoms with Gasteiger partial charge in [0.05, 0.1) is 9.77 Å². The van der Waals surface area contributed by atoms with Crippen molar-refractivity contribution in [2.75, 3.05) is 6.26 Å². The average Bonchev–Trinajstić information content (AvgIpc) is 2.95. The van der Waals surface area contributed by atoms with Crippen molar-refractivity contribution in [2.24, 2.45) is 0 Å². The topological polar surface area (TPSA) is 71.4 Å². The highest BCUT2D eigenvalue weighted by Crippen LogP contribution is 2.32. The second-order valence-corrected chi connectivity index (χ2v) is 7.95. The van der Waals surface area contributed by atoms with Crippen molar-refractivity contribution in [2.45, 2.75) is 11.1 Å². The summed E-state index contributed by atoms with van der Waals surface area (Å²) in [6.45, 7) is 0. The highest BCUT2D eigenvalue weighted by atomic mass is 32.2. The van der Waals surface area contributed by atoms with Gasteiger partial charge in [0, 0.05) is 17.2 Å². The Hall–Kier alpha value is -2.13. The molecule has 2 aromatic rings. The maximum Gasteiger partial charge on any atom is 0.454 e. The molecule has 0 saturated heterocycles. The van der Waals surface area contributed by atoms with Crippen LogP contribution in [0.5, 0.6) is 0 Å². The number of hydrogen-bond donors (Lipinski definition) is 1. The summed E-state index contributed by atoms with van der Waals surface area (Å²) in [5.74, 6) is -2.96. The highest BCUT2D eigenvalue weighted by molar-refractivity contribution is 7.90. The van der Waals surface area contributed by atoms with Crippen LogP contribution in [-0.2, 0) is 14.6 Å². The molecule has 0 fully saturated rings. The second kappa shape index (κ2) is 6.40. The molecule has 4 nitrogen and oxygen atoms in total. The van der Waals surface area contributed by atoms with Gasteiger partial charge in [-0.3, -0.25) is 4.79 Å². The molecule has 0 saturated carbocycles. The van der Waals surface area contributed by atoms with Crippen LogP contribution in [-0.4, -0.2) is 31.7 Å². The molecule has 0 unspecified atom stereocenters. The van der Waals surface area contributed by atoms with Crippen LogP contribution in [0.25, 0.3) is 16.2 Å². The Bertz CT molecular complexity index is 909. The smallest absolute Gasteiger partial charge is 0.454 e. The van der Waals surface area contributed by atoms with Gasteiger partial charge in [-0.15, -0.1) is 11.3 Å². The molecule has 0 aliphatic rings. The summed E-state index contributed by atoms with van der Waals surface area (Å²) in [4.78, 5) is 11.6. The van der Waals surface area contributed by atoms with Crippen molar-refractivity contribution in [3.05, 3.63) is 47.4 Å². The minimum absolute atomic E-state index is 0.0624. The van der Waals surface area contributed by atoms with Crippen LogP contribution in [0.2, 0.25) is 0 Å². The first-order valence-corrected chi connectivity index (χ1v) is 9.12. The number of alkyl halides is 3. The number of ketones is 1. The van der Waals surface area contributed by atoms with Crippen molar-refractivity contribution in [3.8, 4) is 10.4 Å². The number of halogens is 3. The fourth-order valence-corrected chi connectivity index (χ4v) is 3.37. The number of rotatable bonds is 4. The zero-order valence-corrected chi connectivity index (χ0v) is 13.8. The number of aliphatic hydroxyl groups excluding tert-OH is 1. The van der Waals surface area contributed by atoms with E-state index in [0.29, 0.717) is 10.4 Å². The number of hydrogen-bond acceptors (Lipinski definition) is 5. The quantitative estimate of drug-likeness (QED) is 0.650. The molecule has 0 atom stereocenters. The van der Waals surface area contributed by atoms with Gasteiger partial charge in [0.2, 0.25) is 0 Å². The number of carbonyl (C=O) groups is 1. The standard InChI is InChI=1S/C15H11F3O4S2/c1-24(21,22)10-4-2-3-9(7-10)12-5-6-13(23-12)11(19)8-14(20)15(16,17)18/h2-8,19H,1H3. The van der Waals surface area contributed by atoms with E-state index in [0.717, 1.165) is 17.6 Å². The van der Waals surface area contributed by atoms with Crippen LogP contribution < -0.4 is 0 Å². The van der Waals surface area contributed by atoms with E-state index in [2.05, 4.69) is 0 Å². The lowest BCUT2D eigenvalue weighted by Crippen LogP contribution is -2.20. The maximum absolute atomic E-state index is 12.2. The van der Waals surface area contributed by atoms with Crippen LogP contribution in [0.1, 0.15) is 4.88 Å². The Morgan fingerprint density at radius 1 is 1.21 bits per heavy atom. The van der Waals surface area contributed by atoms with E-state index in [4.69, 9.17) is 0 Å². The summed E-state index contributed by atoms with van der Waals surface area (Å²) in [6.07, 6.45) is -3.89. The molecule has 1 aromatic carbocycles. The predicted octanol–water partition coefficient (Wildman–Crippen LogP) is 3.85. The van der Waals surface area contributed by atoms with Gasteiger partial charge in [0.15, 0.2) is 9.84 Å². The van der Waals surface area contributed by atoms with E-state index in [1.54, 1.807) is 6.07 Å². The summed E-state index contributed by atoms with van der Waals surface area (Å²) in [5, 5.41) is 9.65. The average molecular weight is 376 g/mol. The molecule has 0 bridgehead atoms. The normalized spacial score (nSPS) is 13.1. The van der Waals surface area contributed by atoms with Crippen molar-refractivity contribution < 1.29 is 31.5 Å². The number of aliphatic hydroxyl groups is 1. The van der Waals surface area contributed by atoms with Crippen molar-refractivity contribution in [3.63, 3.8) is 0 Å². The molecule has 2 rings (SSSR count). The number of allylic oxidation sites excluding steroid dienone is 1. The SMILES string of the molecule is CS(=O)(=O)c1cccc(-c2ccc(C(O)=CC(=O)C(F)(F)F)s2)c1. The van der Waals surface area contributed by atoms with Gasteiger partial charge in [0.1, 0.15) is 5.76 Å². The zero-order valence-electron chi connectivity index (χ0n) is 12.2. The van der Waals surface area contributed by atoms with Gasteiger partial charge in [-0.05, 0) is 29.8 Å². The first-order valence-electron chi connectivity index (χ1n) is 6.41. The molecule has 0 amide bonds. The Balaban J connectivity index is 2.35. The Labute approximate surface area is 139 Å². The summed E-state index contributed by atoms with van der Waals surface area (Å²) in [5.41, 5.74) is 0.532. The van der Waals surface area contributed by atoms with Crippen molar-refractivity contribution >= 4 is 32.7 Å². The van der Waals surface area contributed by atoms with Crippen molar-refractivity contribution in [1.82, 2.24) is 0 Å². The van der Waals surface area contributed by atoms with Gasteiger partial charge >= 0.3 is 6.18 Å². The summed E-state index contributed by atoms with van der Waals surface area (Å²) in [6, 6.07) is 8.88. The molecular weight excluding hydrogens is 365 g/mol. The molecule has 0 radical (unpaired) electrons. The summed E-state index contributed by atoms with van der Waals surface area (Å²) < 4.78 is 59.7. The monoisotopic (exact) mass is 376 g/mol. The van der Waals surface area contributed by atoms with E-state index in [1.807, 2.05) is 0 Å². The third-order valence-corrected chi connectivity index (χ3v) is 5.22. The van der Waals surface area contributed by atoms with Crippen LogP contribution >= 0.6 is 11.3 Å². The Morgan fingerprint density at radius 2 is 1.88 bits per heavy atom. The van der Waals surface area contributed by atoms with E-state index in [-0.39, 0.29) is 15.8 Å². The molecule has 1 heterocycles. The first kappa shape index (κ1) is 18.2. The zero-order chi connectivity index (χ0) is 18.1. The second-order valence-electron chi connectivity index (χ2n) is 4.86. The predicted molar refractivity (Wildman–Crippen MR) is 84.5 cm³/mol. The minimum Gasteiger partial charge on any atom is -0.506 e. The van der Waals surface area contributed by atoms with E-state index in [9.17, 15) is 31.5 Å². The molecule has 0 spiro atoms. The van der Waals surface area contributed by atoms with Gasteiger partial charge in [0.25, 0.3) is 5.78 Å². The third-order valence-electron chi connectivity index (χ3n) is 2.95. The minimum atomic E-state index is -5.06. The fourth-order valence-electron chi connectivity index (χ4n) is 1.79. The van der Waals surface area contributed by atoms with Gasteiger partial charge in [-0.2, -0.15) is 13.2 Å². The van der Waals surface area contributed by atoms with Gasteiger partial charge < -0.3 is 5.11 Å². The fraction of sp³-hybridized carbons (Fsp3) is 0.133. The first-order chi connectivity index (χ1) is 11.0. The Morgan fingerprint density at radius 3 is 2.46 bits per heavy atom. The lowest BCUT2D eigenvalue weighted by molar-refractivity contribution is -0.165. The van der Waals surface area contributed by atoms with Crippen LogP contribution in [0.4, 0.5) is 13.2 Å². The highest BCUT2D eigenvalue weighted by Gasteiger charge is 2.37. The third kappa shape index (κ3) is 4.24.